The van der Waals surface area contributed by atoms with Crippen molar-refractivity contribution in [3.8, 4) is 0 Å². The van der Waals surface area contributed by atoms with Gasteiger partial charge in [-0.3, -0.25) is 4.79 Å². The van der Waals surface area contributed by atoms with Crippen LogP contribution in [0.15, 0.2) is 12.3 Å². The van der Waals surface area contributed by atoms with Crippen LogP contribution >= 0.6 is 0 Å². The third-order valence-electron chi connectivity index (χ3n) is 6.33. The molecule has 8 heteroatoms. The van der Waals surface area contributed by atoms with E-state index in [1.807, 2.05) is 6.07 Å². The second-order valence-electron chi connectivity index (χ2n) is 8.24. The van der Waals surface area contributed by atoms with Crippen LogP contribution in [-0.4, -0.2) is 83.0 Å². The van der Waals surface area contributed by atoms with E-state index in [1.165, 1.54) is 0 Å². The fourth-order valence-electron chi connectivity index (χ4n) is 4.72. The first-order chi connectivity index (χ1) is 13.0. The van der Waals surface area contributed by atoms with Crippen molar-refractivity contribution in [3.63, 3.8) is 0 Å². The highest BCUT2D eigenvalue weighted by atomic mass is 16.3. The lowest BCUT2D eigenvalue weighted by Gasteiger charge is -2.47. The molecule has 3 fully saturated rings. The number of β-amino-alcohol motifs (C(OH)–C–C–N with tert-alkyl or cyclic N) is 1. The molecule has 1 amide bonds. The van der Waals surface area contributed by atoms with Crippen LogP contribution in [0.5, 0.6) is 0 Å². The van der Waals surface area contributed by atoms with Crippen LogP contribution < -0.4 is 9.80 Å². The summed E-state index contributed by atoms with van der Waals surface area (Å²) < 4.78 is 0. The maximum absolute atomic E-state index is 12.7. The minimum Gasteiger partial charge on any atom is -0.393 e. The van der Waals surface area contributed by atoms with Crippen molar-refractivity contribution in [2.45, 2.75) is 44.3 Å². The molecule has 4 heterocycles. The van der Waals surface area contributed by atoms with Gasteiger partial charge in [-0.1, -0.05) is 0 Å². The maximum Gasteiger partial charge on any atom is 0.228 e. The summed E-state index contributed by atoms with van der Waals surface area (Å²) in [5.41, 5.74) is -0.441. The van der Waals surface area contributed by atoms with E-state index in [0.29, 0.717) is 32.0 Å². The Morgan fingerprint density at radius 2 is 1.78 bits per heavy atom. The lowest BCUT2D eigenvalue weighted by Crippen LogP contribution is -2.56. The van der Waals surface area contributed by atoms with Gasteiger partial charge in [0.2, 0.25) is 11.9 Å². The van der Waals surface area contributed by atoms with Crippen LogP contribution in [-0.2, 0) is 4.79 Å². The summed E-state index contributed by atoms with van der Waals surface area (Å²) in [6.45, 7) is 3.47. The molecule has 1 aromatic rings. The Balaban J connectivity index is 1.44. The molecule has 4 rings (SSSR count). The van der Waals surface area contributed by atoms with E-state index in [9.17, 15) is 15.0 Å². The Hall–Kier alpha value is -1.93. The van der Waals surface area contributed by atoms with Crippen LogP contribution in [0, 0.1) is 5.41 Å². The summed E-state index contributed by atoms with van der Waals surface area (Å²) in [7, 11) is 1.78. The molecule has 0 radical (unpaired) electrons. The highest BCUT2D eigenvalue weighted by molar-refractivity contribution is 5.83. The first kappa shape index (κ1) is 18.4. The van der Waals surface area contributed by atoms with Gasteiger partial charge in [0.05, 0.1) is 17.6 Å². The van der Waals surface area contributed by atoms with Crippen molar-refractivity contribution in [2.75, 3.05) is 49.6 Å². The molecular weight excluding hydrogens is 346 g/mol. The lowest BCUT2D eigenvalue weighted by molar-refractivity contribution is -0.152. The Kier molecular flexibility index (Phi) is 4.94. The van der Waals surface area contributed by atoms with Crippen molar-refractivity contribution in [1.82, 2.24) is 14.9 Å². The van der Waals surface area contributed by atoms with Gasteiger partial charge in [-0.15, -0.1) is 0 Å². The summed E-state index contributed by atoms with van der Waals surface area (Å²) >= 11 is 0. The van der Waals surface area contributed by atoms with Gasteiger partial charge in [-0.05, 0) is 38.2 Å². The number of rotatable bonds is 2. The molecule has 0 bridgehead atoms. The molecule has 2 N–H and O–H groups in total. The molecule has 1 atom stereocenters. The number of aliphatic hydroxyl groups excluding tert-OH is 2. The number of hydrogen-bond donors (Lipinski definition) is 2. The van der Waals surface area contributed by atoms with E-state index in [2.05, 4.69) is 14.8 Å². The number of anilines is 2. The molecule has 3 saturated heterocycles. The molecule has 1 unspecified atom stereocenters. The normalized spacial score (nSPS) is 26.7. The lowest BCUT2D eigenvalue weighted by atomic mass is 9.71. The Labute approximate surface area is 159 Å². The van der Waals surface area contributed by atoms with Gasteiger partial charge in [0.1, 0.15) is 5.82 Å². The molecular formula is C19H29N5O3. The average Bonchev–Trinajstić information content (AvgIpc) is 2.67. The van der Waals surface area contributed by atoms with Crippen molar-refractivity contribution < 1.29 is 15.0 Å². The fraction of sp³-hybridized carbons (Fsp3) is 0.737. The molecule has 0 saturated carbocycles. The van der Waals surface area contributed by atoms with Crippen LogP contribution in [0.25, 0.3) is 0 Å². The van der Waals surface area contributed by atoms with E-state index in [-0.39, 0.29) is 12.0 Å². The van der Waals surface area contributed by atoms with Gasteiger partial charge in [0.25, 0.3) is 0 Å². The smallest absolute Gasteiger partial charge is 0.228 e. The SMILES string of the molecule is CN1CC(O)CC2(CCN(c3nccc(N4CCC(O)CC4)n3)CC2)C1=O. The summed E-state index contributed by atoms with van der Waals surface area (Å²) in [4.78, 5) is 27.9. The highest BCUT2D eigenvalue weighted by Gasteiger charge is 2.47. The van der Waals surface area contributed by atoms with E-state index in [0.717, 1.165) is 44.6 Å². The third kappa shape index (κ3) is 3.60. The second-order valence-corrected chi connectivity index (χ2v) is 8.24. The molecule has 1 aromatic heterocycles. The average molecular weight is 375 g/mol. The van der Waals surface area contributed by atoms with Crippen molar-refractivity contribution in [1.29, 1.82) is 0 Å². The number of carbonyl (C=O) groups is 1. The minimum absolute atomic E-state index is 0.161. The van der Waals surface area contributed by atoms with E-state index >= 15 is 0 Å². The zero-order valence-corrected chi connectivity index (χ0v) is 15.9. The van der Waals surface area contributed by atoms with Crippen molar-refractivity contribution in [2.24, 2.45) is 5.41 Å². The van der Waals surface area contributed by atoms with Crippen LogP contribution in [0.4, 0.5) is 11.8 Å². The van der Waals surface area contributed by atoms with Crippen LogP contribution in [0.2, 0.25) is 0 Å². The summed E-state index contributed by atoms with van der Waals surface area (Å²) in [6.07, 6.45) is 4.67. The first-order valence-electron chi connectivity index (χ1n) is 9.91. The number of nitrogens with zero attached hydrogens (tertiary/aromatic N) is 5. The second kappa shape index (κ2) is 7.24. The van der Waals surface area contributed by atoms with Gasteiger partial charge in [0, 0.05) is 46.0 Å². The number of aromatic nitrogens is 2. The quantitative estimate of drug-likeness (QED) is 0.765. The monoisotopic (exact) mass is 375 g/mol. The molecule has 27 heavy (non-hydrogen) atoms. The van der Waals surface area contributed by atoms with E-state index < -0.39 is 11.5 Å². The van der Waals surface area contributed by atoms with Gasteiger partial charge < -0.3 is 24.9 Å². The Morgan fingerprint density at radius 1 is 1.07 bits per heavy atom. The number of likely N-dealkylation sites (N-methyl/N-ethyl adjacent to an activating group) is 1. The zero-order valence-electron chi connectivity index (χ0n) is 15.9. The van der Waals surface area contributed by atoms with Gasteiger partial charge in [0.15, 0.2) is 0 Å². The number of amides is 1. The van der Waals surface area contributed by atoms with Crippen LogP contribution in [0.3, 0.4) is 0 Å². The maximum atomic E-state index is 12.7. The Bertz CT molecular complexity index is 684. The van der Waals surface area contributed by atoms with Crippen LogP contribution in [0.1, 0.15) is 32.1 Å². The molecule has 0 aromatic carbocycles. The largest absolute Gasteiger partial charge is 0.393 e. The predicted molar refractivity (Wildman–Crippen MR) is 102 cm³/mol. The molecule has 0 aliphatic carbocycles. The molecule has 3 aliphatic heterocycles. The molecule has 1 spiro atoms. The van der Waals surface area contributed by atoms with Crippen molar-refractivity contribution in [3.05, 3.63) is 12.3 Å². The molecule has 3 aliphatic rings. The fourth-order valence-corrected chi connectivity index (χ4v) is 4.72. The number of likely N-dealkylation sites (tertiary alicyclic amines) is 1. The third-order valence-corrected chi connectivity index (χ3v) is 6.33. The zero-order chi connectivity index (χ0) is 19.0. The Morgan fingerprint density at radius 3 is 2.48 bits per heavy atom. The van der Waals surface area contributed by atoms with E-state index in [4.69, 9.17) is 4.98 Å². The first-order valence-corrected chi connectivity index (χ1v) is 9.91. The molecule has 8 nitrogen and oxygen atoms in total. The standard InChI is InChI=1S/C19H29N5O3/c1-22-13-15(26)12-19(17(22)27)5-10-24(11-6-19)18-20-7-2-16(21-18)23-8-3-14(25)4-9-23/h2,7,14-15,25-26H,3-6,8-13H2,1H3. The number of hydrogen-bond acceptors (Lipinski definition) is 7. The number of aliphatic hydroxyl groups is 2. The topological polar surface area (TPSA) is 93.0 Å². The van der Waals surface area contributed by atoms with E-state index in [1.54, 1.807) is 18.1 Å². The number of piperidine rings is 3. The van der Waals surface area contributed by atoms with Crippen molar-refractivity contribution >= 4 is 17.7 Å². The van der Waals surface area contributed by atoms with Gasteiger partial charge in [-0.25, -0.2) is 4.98 Å². The predicted octanol–water partition coefficient (Wildman–Crippen LogP) is 0.247. The number of carbonyl (C=O) groups excluding carboxylic acids is 1. The van der Waals surface area contributed by atoms with Gasteiger partial charge >= 0.3 is 0 Å². The summed E-state index contributed by atoms with van der Waals surface area (Å²) in [6, 6.07) is 1.92. The summed E-state index contributed by atoms with van der Waals surface area (Å²) in [5, 5.41) is 19.8. The molecule has 148 valence electrons. The minimum atomic E-state index is -0.441. The highest BCUT2D eigenvalue weighted by Crippen LogP contribution is 2.41. The summed E-state index contributed by atoms with van der Waals surface area (Å²) in [5.74, 6) is 1.76. The van der Waals surface area contributed by atoms with Gasteiger partial charge in [-0.2, -0.15) is 4.98 Å².